The fourth-order valence-electron chi connectivity index (χ4n) is 4.72. The smallest absolute Gasteiger partial charge is 0.326 e. The van der Waals surface area contributed by atoms with E-state index in [1.807, 2.05) is 60.6 Å². The molecule has 0 saturated carbocycles. The summed E-state index contributed by atoms with van der Waals surface area (Å²) in [6.45, 7) is 27.2. The molecule has 0 aliphatic rings. The minimum atomic E-state index is -1.22. The largest absolute Gasteiger partial charge is 0.480 e. The van der Waals surface area contributed by atoms with Crippen LogP contribution in [0.1, 0.15) is 91.9 Å². The number of Topliss-reactive ketones (excluding diaryl/α,β-unsaturated/α-hetero) is 3. The van der Waals surface area contributed by atoms with Crippen LogP contribution >= 0.6 is 130 Å². The molecule has 0 fully saturated rings. The van der Waals surface area contributed by atoms with Crippen molar-refractivity contribution in [1.29, 1.82) is 0 Å². The molecule has 98 heavy (non-hydrogen) atoms. The van der Waals surface area contributed by atoms with Crippen molar-refractivity contribution in [2.75, 3.05) is 155 Å². The van der Waals surface area contributed by atoms with Gasteiger partial charge in [-0.25, -0.2) is 26.1 Å². The van der Waals surface area contributed by atoms with E-state index in [0.717, 1.165) is 78.8 Å². The van der Waals surface area contributed by atoms with E-state index in [-0.39, 0.29) is 81.9 Å². The Kier molecular flexibility index (Phi) is 101. The van der Waals surface area contributed by atoms with E-state index in [9.17, 15) is 47.9 Å². The number of amides is 6. The number of aliphatic carboxylic acids is 1. The molecule has 6 amide bonds. The SMILES string of the molecule is C.C.C.C=CC(=O)NCCSSCC(=O)NC(CCC(=O)NN=C)C(=O)O.C=NNC(=O)CCSSCCNC.C=NNC(=O)CCSSCCNC(=O)c1ccc(NN=C)nc1.CNCCSSCC(C)=O.CNCCSSCCC(C)=O.CNCCSSCCOCCC(C)=O. The molecule has 1 aromatic rings. The van der Waals surface area contributed by atoms with Crippen molar-refractivity contribution >= 4 is 221 Å². The van der Waals surface area contributed by atoms with E-state index in [4.69, 9.17) is 9.84 Å². The van der Waals surface area contributed by atoms with Gasteiger partial charge in [0.15, 0.2) is 0 Å². The number of anilines is 1. The van der Waals surface area contributed by atoms with Gasteiger partial charge in [0, 0.05) is 162 Å². The highest BCUT2D eigenvalue weighted by molar-refractivity contribution is 8.78. The Bertz CT molecular complexity index is 2240. The van der Waals surface area contributed by atoms with Crippen LogP contribution in [0.4, 0.5) is 5.82 Å². The minimum absolute atomic E-state index is 0. The molecule has 1 atom stereocenters. The maximum atomic E-state index is 11.9. The summed E-state index contributed by atoms with van der Waals surface area (Å²) < 4.78 is 5.28. The van der Waals surface area contributed by atoms with Gasteiger partial charge in [0.2, 0.25) is 29.5 Å². The monoisotopic (exact) mass is 1610 g/mol. The highest BCUT2D eigenvalue weighted by Gasteiger charge is 2.21. The average Bonchev–Trinajstić information content (AvgIpc) is 0.989. The number of carbonyl (C=O) groups excluding carboxylic acids is 9. The van der Waals surface area contributed by atoms with Crippen LogP contribution in [0.2, 0.25) is 0 Å². The Morgan fingerprint density at radius 3 is 1.30 bits per heavy atom. The zero-order valence-corrected chi connectivity index (χ0v) is 65.2. The fraction of sp³-hybridized carbons (Fsp3) is 0.638. The van der Waals surface area contributed by atoms with Gasteiger partial charge in [-0.1, -0.05) is 158 Å². The molecule has 0 bridgehead atoms. The standard InChI is InChI=1S/C13H18N6O2S2.C13H20N4O5S2.C9H19NO2S2.C7H15N3OS2.C7H15NOS2.C6H13NOS2.3CH4/c1-14-18-11-4-3-10(9-17-11)13(21)16-6-8-23-22-7-5-12(20)19-15-2;1-3-10(18)15-6-7-23-24-8-12(20)16-9(13(21)22)4-5-11(19)17-14-2;1-9(11)3-5-12-6-8-14-13-7-4-10-2;1-8-4-6-13-12-5-3-7(11)10-9-2;1-7(9)3-5-10-11-6-4-8-2;1-6(8)5-10-9-4-3-7-2;;;/h3-4,9H,1-2,5-8H2,(H,16,21)(H,17,18)(H,19,20);3,9H,1-2,4-8H2,(H,15,18)(H,16,20)(H,17,19)(H,21,22);10H,3-8H2,1-2H3;8H,2-6H2,1H3,(H,10,11);8H,3-6H2,1-2H3;7H,3-5H2,1-2H3;3*1H4. The molecule has 0 aliphatic carbocycles. The molecule has 0 saturated heterocycles. The van der Waals surface area contributed by atoms with E-state index in [1.165, 1.54) is 33.9 Å². The van der Waals surface area contributed by atoms with Crippen molar-refractivity contribution in [2.45, 2.75) is 87.6 Å². The second-order valence-corrected chi connectivity index (χ2v) is 33.4. The van der Waals surface area contributed by atoms with Crippen molar-refractivity contribution in [3.8, 4) is 0 Å². The van der Waals surface area contributed by atoms with Gasteiger partial charge in [0.25, 0.3) is 5.91 Å². The average molecular weight is 1610 g/mol. The number of carbonyl (C=O) groups is 10. The number of ether oxygens (including phenoxy) is 1. The Morgan fingerprint density at radius 1 is 0.490 bits per heavy atom. The normalized spacial score (nSPS) is 9.87. The van der Waals surface area contributed by atoms with Crippen molar-refractivity contribution in [1.82, 2.24) is 58.5 Å². The van der Waals surface area contributed by atoms with E-state index >= 15 is 0 Å². The van der Waals surface area contributed by atoms with Crippen LogP contribution in [0.25, 0.3) is 0 Å². The van der Waals surface area contributed by atoms with Crippen LogP contribution in [0.15, 0.2) is 51.4 Å². The first-order chi connectivity index (χ1) is 45.7. The zero-order valence-electron chi connectivity index (χ0n) is 55.4. The summed E-state index contributed by atoms with van der Waals surface area (Å²) >= 11 is 0. The van der Waals surface area contributed by atoms with E-state index in [2.05, 4.69) is 118 Å². The van der Waals surface area contributed by atoms with Crippen LogP contribution in [0.3, 0.4) is 0 Å². The summed E-state index contributed by atoms with van der Waals surface area (Å²) in [7, 11) is 27.6. The number of carboxylic acid groups (broad SMARTS) is 1. The van der Waals surface area contributed by atoms with Crippen LogP contribution in [-0.2, 0) is 47.9 Å². The van der Waals surface area contributed by atoms with Gasteiger partial charge in [-0.05, 0) is 73.6 Å². The van der Waals surface area contributed by atoms with Crippen molar-refractivity contribution in [3.05, 3.63) is 36.5 Å². The molecule has 12 N–H and O–H groups in total. The molecule has 1 unspecified atom stereocenters. The highest BCUT2D eigenvalue weighted by Crippen LogP contribution is 2.24. The van der Waals surface area contributed by atoms with Crippen molar-refractivity contribution in [2.24, 2.45) is 20.4 Å². The summed E-state index contributed by atoms with van der Waals surface area (Å²) in [6, 6.07) is 2.16. The van der Waals surface area contributed by atoms with Crippen LogP contribution in [-0.4, -0.2) is 251 Å². The zero-order chi connectivity index (χ0) is 72.2. The predicted octanol–water partition coefficient (Wildman–Crippen LogP) is 8.04. The summed E-state index contributed by atoms with van der Waals surface area (Å²) in [6.07, 6.45) is 4.62. The lowest BCUT2D eigenvalue weighted by atomic mass is 10.1. The number of hydrogen-bond donors (Lipinski definition) is 12. The van der Waals surface area contributed by atoms with Gasteiger partial charge in [-0.3, -0.25) is 48.6 Å². The predicted molar refractivity (Wildman–Crippen MR) is 442 cm³/mol. The maximum absolute atomic E-state index is 11.9. The van der Waals surface area contributed by atoms with Gasteiger partial charge >= 0.3 is 5.97 Å². The van der Waals surface area contributed by atoms with Gasteiger partial charge in [0.05, 0.1) is 30.3 Å². The number of aromatic nitrogens is 1. The molecule has 0 aromatic carbocycles. The van der Waals surface area contributed by atoms with Gasteiger partial charge in [-0.15, -0.1) is 0 Å². The van der Waals surface area contributed by atoms with Gasteiger partial charge in [-0.2, -0.15) is 20.4 Å². The molecule has 1 aromatic heterocycles. The van der Waals surface area contributed by atoms with E-state index in [1.54, 1.807) is 108 Å². The van der Waals surface area contributed by atoms with Crippen LogP contribution in [0.5, 0.6) is 0 Å². The third kappa shape index (κ3) is 94.7. The molecule has 0 radical (unpaired) electrons. The molecule has 0 aliphatic heterocycles. The maximum Gasteiger partial charge on any atom is 0.326 e. The summed E-state index contributed by atoms with van der Waals surface area (Å²) in [5.74, 6) is 8.26. The highest BCUT2D eigenvalue weighted by atomic mass is 33.1. The Hall–Kier alpha value is -3.33. The second-order valence-electron chi connectivity index (χ2n) is 17.4. The fourth-order valence-corrected chi connectivity index (χ4v) is 16.3. The van der Waals surface area contributed by atoms with E-state index in [0.29, 0.717) is 74.0 Å². The lowest BCUT2D eigenvalue weighted by Crippen LogP contribution is -2.42. The first kappa shape index (κ1) is 111. The summed E-state index contributed by atoms with van der Waals surface area (Å²) in [4.78, 5) is 114. The van der Waals surface area contributed by atoms with Gasteiger partial charge in [0.1, 0.15) is 29.2 Å². The molecular weight excluding hydrogens is 1500 g/mol. The first-order valence-corrected chi connectivity index (χ1v) is 43.9. The number of nitrogens with one attached hydrogen (secondary N) is 11. The summed E-state index contributed by atoms with van der Waals surface area (Å²) in [5.41, 5.74) is 9.71. The van der Waals surface area contributed by atoms with Crippen molar-refractivity contribution in [3.63, 3.8) is 0 Å². The van der Waals surface area contributed by atoms with Gasteiger partial charge < -0.3 is 47.1 Å². The quantitative estimate of drug-likeness (QED) is 0.00964. The number of rotatable bonds is 55. The number of hydrogen-bond acceptors (Lipinski definition) is 33. The summed E-state index contributed by atoms with van der Waals surface area (Å²) in [5, 5.41) is 42.3. The minimum Gasteiger partial charge on any atom is -0.480 e. The third-order valence-corrected chi connectivity index (χ3v) is 23.5. The lowest BCUT2D eigenvalue weighted by Gasteiger charge is -2.13. The molecule has 0 spiro atoms. The van der Waals surface area contributed by atoms with Crippen molar-refractivity contribution < 1.29 is 57.8 Å². The number of ketones is 3. The van der Waals surface area contributed by atoms with E-state index < -0.39 is 23.8 Å². The second kappa shape index (κ2) is 89.8. The van der Waals surface area contributed by atoms with Crippen LogP contribution in [0, 0.1) is 0 Å². The molecular formula is C58H112N16O12S12. The Balaban J connectivity index is -0.000000170. The molecule has 28 nitrogen and oxygen atoms in total. The number of pyridine rings is 1. The lowest BCUT2D eigenvalue weighted by molar-refractivity contribution is -0.141. The Labute approximate surface area is 631 Å². The molecule has 1 rings (SSSR count). The first-order valence-electron chi connectivity index (χ1n) is 28.9. The number of carboxylic acids is 1. The number of hydrazone groups is 4. The molecule has 40 heteroatoms. The Morgan fingerprint density at radius 2 is 0.898 bits per heavy atom. The number of nitrogens with zero attached hydrogens (tertiary/aromatic N) is 5. The topological polar surface area (TPSA) is 395 Å². The third-order valence-electron chi connectivity index (χ3n) is 9.23. The molecule has 1 heterocycles. The van der Waals surface area contributed by atoms with Crippen LogP contribution < -0.4 is 58.9 Å². The molecule has 568 valence electrons.